The Balaban J connectivity index is 2.15. The van der Waals surface area contributed by atoms with Gasteiger partial charge in [0.1, 0.15) is 0 Å². The van der Waals surface area contributed by atoms with Crippen LogP contribution in [0.2, 0.25) is 0 Å². The summed E-state index contributed by atoms with van der Waals surface area (Å²) in [6, 6.07) is 5.68. The van der Waals surface area contributed by atoms with Gasteiger partial charge < -0.3 is 4.74 Å². The number of rotatable bonds is 13. The van der Waals surface area contributed by atoms with Gasteiger partial charge in [0, 0.05) is 24.0 Å². The first-order valence-corrected chi connectivity index (χ1v) is 12.1. The van der Waals surface area contributed by atoms with Crippen LogP contribution >= 0.6 is 0 Å². The van der Waals surface area contributed by atoms with E-state index in [1.165, 1.54) is 24.3 Å². The predicted molar refractivity (Wildman–Crippen MR) is 122 cm³/mol. The molecule has 0 spiro atoms. The van der Waals surface area contributed by atoms with E-state index in [1.807, 2.05) is 6.92 Å². The summed E-state index contributed by atoms with van der Waals surface area (Å²) in [4.78, 5) is 19.9. The van der Waals surface area contributed by atoms with Crippen LogP contribution in [0.5, 0.6) is 0 Å². The van der Waals surface area contributed by atoms with Crippen molar-refractivity contribution in [2.75, 3.05) is 6.61 Å². The van der Waals surface area contributed by atoms with Crippen molar-refractivity contribution >= 4 is 12.0 Å². The van der Waals surface area contributed by atoms with Crippen molar-refractivity contribution in [1.82, 2.24) is 9.97 Å². The molecule has 0 bridgehead atoms. The van der Waals surface area contributed by atoms with Crippen molar-refractivity contribution in [2.24, 2.45) is 0 Å². The molecule has 0 amide bonds. The fourth-order valence-corrected chi connectivity index (χ4v) is 3.28. The van der Waals surface area contributed by atoms with Gasteiger partial charge in [-0.25, -0.2) is 14.8 Å². The van der Waals surface area contributed by atoms with E-state index in [1.54, 1.807) is 12.4 Å². The largest absolute Gasteiger partial charge is 0.462 e. The Labute approximate surface area is 246 Å². The average Bonchev–Trinajstić information content (AvgIpc) is 2.95. The van der Waals surface area contributed by atoms with E-state index in [4.69, 9.17) is 0 Å². The topological polar surface area (TPSA) is 52.1 Å². The second-order valence-corrected chi connectivity index (χ2v) is 9.29. The quantitative estimate of drug-likeness (QED) is 0.119. The Hall–Kier alpha value is -3.68. The number of hydrogen-bond donors (Lipinski definition) is 0. The summed E-state index contributed by atoms with van der Waals surface area (Å²) < 4.78 is 230. The Bertz CT molecular complexity index is 1390. The molecule has 4 nitrogen and oxygen atoms in total. The van der Waals surface area contributed by atoms with Crippen LogP contribution in [0.25, 0.3) is 17.5 Å². The summed E-state index contributed by atoms with van der Waals surface area (Å²) in [6.07, 6.45) is -5.48. The van der Waals surface area contributed by atoms with E-state index in [2.05, 4.69) is 14.7 Å². The number of esters is 1. The van der Waals surface area contributed by atoms with Gasteiger partial charge in [-0.05, 0) is 23.6 Å². The van der Waals surface area contributed by atoms with Gasteiger partial charge >= 0.3 is 53.6 Å². The molecule has 0 aliphatic heterocycles. The van der Waals surface area contributed by atoms with E-state index < -0.39 is 66.6 Å². The monoisotopic (exact) mass is 700 g/mol. The minimum atomic E-state index is -8.70. The molecule has 0 fully saturated rings. The van der Waals surface area contributed by atoms with Gasteiger partial charge in [-0.2, -0.15) is 74.6 Å². The van der Waals surface area contributed by atoms with Crippen LogP contribution < -0.4 is 0 Å². The third kappa shape index (κ3) is 6.58. The lowest BCUT2D eigenvalue weighted by Gasteiger charge is -2.42. The molecule has 0 saturated heterocycles. The summed E-state index contributed by atoms with van der Waals surface area (Å²) >= 11 is 0. The summed E-state index contributed by atoms with van der Waals surface area (Å²) in [6.45, 7) is -0.167. The van der Waals surface area contributed by atoms with Gasteiger partial charge in [-0.1, -0.05) is 31.2 Å². The van der Waals surface area contributed by atoms with Crippen LogP contribution in [0.1, 0.15) is 24.5 Å². The second kappa shape index (κ2) is 12.5. The maximum atomic E-state index is 13.9. The van der Waals surface area contributed by atoms with Crippen molar-refractivity contribution in [3.05, 3.63) is 53.9 Å². The third-order valence-electron chi connectivity index (χ3n) is 6.14. The lowest BCUT2D eigenvalue weighted by Crippen LogP contribution is -2.74. The number of nitrogens with zero attached hydrogens (tertiary/aromatic N) is 2. The molecule has 0 aliphatic carbocycles. The number of ether oxygens (including phenoxy) is 1. The molecule has 2 aromatic rings. The fourth-order valence-electron chi connectivity index (χ4n) is 3.28. The molecule has 2 rings (SSSR count). The highest BCUT2D eigenvalue weighted by Crippen LogP contribution is 2.64. The first kappa shape index (κ1) is 38.5. The van der Waals surface area contributed by atoms with Crippen LogP contribution in [0.4, 0.5) is 74.6 Å². The van der Waals surface area contributed by atoms with Gasteiger partial charge in [0.15, 0.2) is 5.82 Å². The van der Waals surface area contributed by atoms with Crippen molar-refractivity contribution < 1.29 is 84.2 Å². The standard InChI is InChI=1S/C25H17F17N2O2/c1-2-13-11-43-17(44-12-13)15-6-3-14(4-7-15)5-8-16(45)46-10-9-18(26,27)19(28,29)20(30,31)21(32,33)22(34,35)23(36,37)24(38,39)25(40,41)42/h3-8,11-12H,2,9-10H2,1H3. The van der Waals surface area contributed by atoms with Crippen molar-refractivity contribution in [2.45, 2.75) is 67.4 Å². The van der Waals surface area contributed by atoms with E-state index in [-0.39, 0.29) is 5.56 Å². The zero-order valence-corrected chi connectivity index (χ0v) is 22.4. The van der Waals surface area contributed by atoms with Crippen LogP contribution in [0.3, 0.4) is 0 Å². The SMILES string of the molecule is CCc1cnc(-c2ccc(C=CC(=O)OCCC(F)(F)C(F)(F)C(F)(F)C(F)(F)C(F)(F)C(F)(F)C(F)(F)C(F)(F)F)cc2)nc1. The Morgan fingerprint density at radius 3 is 1.54 bits per heavy atom. The van der Waals surface area contributed by atoms with Crippen molar-refractivity contribution in [1.29, 1.82) is 0 Å². The molecule has 0 radical (unpaired) electrons. The molecule has 1 aromatic heterocycles. The van der Waals surface area contributed by atoms with Gasteiger partial charge in [0.25, 0.3) is 0 Å². The summed E-state index contributed by atoms with van der Waals surface area (Å²) in [7, 11) is 0. The van der Waals surface area contributed by atoms with Crippen LogP contribution in [-0.2, 0) is 16.0 Å². The van der Waals surface area contributed by atoms with Gasteiger partial charge in [0.05, 0.1) is 13.0 Å². The Morgan fingerprint density at radius 2 is 1.11 bits per heavy atom. The number of aromatic nitrogens is 2. The van der Waals surface area contributed by atoms with Crippen LogP contribution in [0, 0.1) is 0 Å². The molecule has 1 heterocycles. The van der Waals surface area contributed by atoms with Crippen molar-refractivity contribution in [3.8, 4) is 11.4 Å². The normalized spacial score (nSPS) is 14.6. The highest BCUT2D eigenvalue weighted by Gasteiger charge is 2.95. The fraction of sp³-hybridized carbons (Fsp3) is 0.480. The minimum Gasteiger partial charge on any atom is -0.462 e. The molecule has 0 atom stereocenters. The molecule has 1 aromatic carbocycles. The summed E-state index contributed by atoms with van der Waals surface area (Å²) in [5.41, 5.74) is 1.57. The van der Waals surface area contributed by atoms with E-state index in [0.29, 0.717) is 23.9 Å². The zero-order valence-electron chi connectivity index (χ0n) is 22.4. The molecular formula is C25H17F17N2O2. The highest BCUT2D eigenvalue weighted by atomic mass is 19.4. The first-order chi connectivity index (χ1) is 20.6. The number of carbonyl (C=O) groups is 1. The highest BCUT2D eigenvalue weighted by molar-refractivity contribution is 5.87. The number of benzene rings is 1. The Morgan fingerprint density at radius 1 is 0.674 bits per heavy atom. The van der Waals surface area contributed by atoms with E-state index in [9.17, 15) is 79.4 Å². The van der Waals surface area contributed by atoms with Gasteiger partial charge in [-0.15, -0.1) is 0 Å². The summed E-state index contributed by atoms with van der Waals surface area (Å²) in [5, 5.41) is 0. The predicted octanol–water partition coefficient (Wildman–Crippen LogP) is 8.66. The van der Waals surface area contributed by atoms with Crippen LogP contribution in [-0.4, -0.2) is 70.2 Å². The molecule has 0 saturated carbocycles. The van der Waals surface area contributed by atoms with Crippen molar-refractivity contribution in [3.63, 3.8) is 0 Å². The molecule has 0 unspecified atom stereocenters. The molecule has 258 valence electrons. The summed E-state index contributed by atoms with van der Waals surface area (Å²) in [5.74, 6) is -58.4. The third-order valence-corrected chi connectivity index (χ3v) is 6.14. The maximum absolute atomic E-state index is 13.9. The average molecular weight is 700 g/mol. The molecule has 46 heavy (non-hydrogen) atoms. The van der Waals surface area contributed by atoms with E-state index in [0.717, 1.165) is 11.6 Å². The first-order valence-electron chi connectivity index (χ1n) is 12.1. The molecule has 0 aliphatic rings. The van der Waals surface area contributed by atoms with E-state index >= 15 is 0 Å². The maximum Gasteiger partial charge on any atom is 0.460 e. The van der Waals surface area contributed by atoms with Crippen LogP contribution in [0.15, 0.2) is 42.7 Å². The number of hydrogen-bond acceptors (Lipinski definition) is 4. The lowest BCUT2D eigenvalue weighted by molar-refractivity contribution is -0.461. The molecular weight excluding hydrogens is 683 g/mol. The number of aryl methyl sites for hydroxylation is 1. The minimum absolute atomic E-state index is 0.221. The van der Waals surface area contributed by atoms with Gasteiger partial charge in [0.2, 0.25) is 0 Å². The lowest BCUT2D eigenvalue weighted by atomic mass is 9.88. The van der Waals surface area contributed by atoms with Gasteiger partial charge in [-0.3, -0.25) is 0 Å². The Kier molecular flexibility index (Phi) is 10.5. The number of halogens is 17. The number of alkyl halides is 17. The molecule has 21 heteroatoms. The zero-order chi connectivity index (χ0) is 35.8. The smallest absolute Gasteiger partial charge is 0.460 e. The number of carbonyl (C=O) groups excluding carboxylic acids is 1. The molecule has 0 N–H and O–H groups in total. The second-order valence-electron chi connectivity index (χ2n) is 9.29.